The number of nitrogens with zero attached hydrogens (tertiary/aromatic N) is 2. The van der Waals surface area contributed by atoms with Crippen molar-refractivity contribution in [1.29, 1.82) is 0 Å². The normalized spacial score (nSPS) is 10.1. The molecule has 2 aromatic heterocycles. The zero-order valence-electron chi connectivity index (χ0n) is 8.38. The van der Waals surface area contributed by atoms with Crippen LogP contribution in [-0.2, 0) is 0 Å². The number of aromatic carboxylic acids is 1. The van der Waals surface area contributed by atoms with Crippen LogP contribution in [0.4, 0.5) is 0 Å². The minimum Gasteiger partial charge on any atom is -0.480 e. The van der Waals surface area contributed by atoms with E-state index in [9.17, 15) is 4.79 Å². The van der Waals surface area contributed by atoms with Crippen LogP contribution >= 0.6 is 0 Å². The third-order valence-corrected chi connectivity index (χ3v) is 2.04. The summed E-state index contributed by atoms with van der Waals surface area (Å²) in [6.45, 7) is 0. The van der Waals surface area contributed by atoms with Crippen LogP contribution in [-0.4, -0.2) is 28.3 Å². The van der Waals surface area contributed by atoms with Crippen LogP contribution < -0.4 is 4.74 Å². The number of pyridine rings is 1. The predicted octanol–water partition coefficient (Wildman–Crippen LogP) is 1.44. The maximum absolute atomic E-state index is 11.1. The summed E-state index contributed by atoms with van der Waals surface area (Å²) in [5, 5.41) is 12.8. The molecule has 2 aromatic rings. The first-order valence-electron chi connectivity index (χ1n) is 4.41. The van der Waals surface area contributed by atoms with Gasteiger partial charge >= 0.3 is 5.97 Å². The van der Waals surface area contributed by atoms with Crippen molar-refractivity contribution in [3.63, 3.8) is 0 Å². The Kier molecular flexibility index (Phi) is 2.55. The van der Waals surface area contributed by atoms with E-state index in [4.69, 9.17) is 9.84 Å². The number of ether oxygens (including phenoxy) is 1. The van der Waals surface area contributed by atoms with E-state index in [-0.39, 0.29) is 11.4 Å². The second-order valence-electron chi connectivity index (χ2n) is 2.93. The molecule has 6 nitrogen and oxygen atoms in total. The maximum Gasteiger partial charge on any atom is 0.341 e. The smallest absolute Gasteiger partial charge is 0.341 e. The number of methoxy groups -OCH3 is 1. The third-order valence-electron chi connectivity index (χ3n) is 2.04. The van der Waals surface area contributed by atoms with Gasteiger partial charge in [-0.05, 0) is 6.07 Å². The van der Waals surface area contributed by atoms with Gasteiger partial charge in [0, 0.05) is 17.8 Å². The zero-order chi connectivity index (χ0) is 11.5. The molecule has 2 heterocycles. The largest absolute Gasteiger partial charge is 0.480 e. The Bertz CT molecular complexity index is 508. The molecule has 0 aliphatic rings. The highest BCUT2D eigenvalue weighted by molar-refractivity contribution is 5.97. The number of aromatic nitrogens is 2. The Hall–Kier alpha value is -2.37. The van der Waals surface area contributed by atoms with Crippen LogP contribution in [0, 0.1) is 0 Å². The van der Waals surface area contributed by atoms with E-state index in [1.165, 1.54) is 19.6 Å². The average Bonchev–Trinajstić information content (AvgIpc) is 2.81. The van der Waals surface area contributed by atoms with Crippen molar-refractivity contribution in [2.45, 2.75) is 0 Å². The summed E-state index contributed by atoms with van der Waals surface area (Å²) in [4.78, 5) is 14.9. The first-order valence-corrected chi connectivity index (χ1v) is 4.41. The van der Waals surface area contributed by atoms with Gasteiger partial charge in [-0.2, -0.15) is 0 Å². The summed E-state index contributed by atoms with van der Waals surface area (Å²) >= 11 is 0. The van der Waals surface area contributed by atoms with E-state index in [1.807, 2.05) is 0 Å². The highest BCUT2D eigenvalue weighted by Gasteiger charge is 2.19. The Balaban J connectivity index is 2.65. The van der Waals surface area contributed by atoms with E-state index in [1.54, 1.807) is 12.1 Å². The number of hydrogen-bond donors (Lipinski definition) is 1. The monoisotopic (exact) mass is 220 g/mol. The van der Waals surface area contributed by atoms with E-state index < -0.39 is 5.97 Å². The second-order valence-corrected chi connectivity index (χ2v) is 2.93. The lowest BCUT2D eigenvalue weighted by Crippen LogP contribution is -2.04. The molecule has 16 heavy (non-hydrogen) atoms. The maximum atomic E-state index is 11.1. The molecule has 0 saturated heterocycles. The van der Waals surface area contributed by atoms with Gasteiger partial charge in [0.05, 0.1) is 7.11 Å². The molecule has 0 saturated carbocycles. The standard InChI is InChI=1S/C10H8N2O4/c1-15-9-8(10(13)14)6(2-4-11-9)7-3-5-16-12-7/h2-5H,1H3,(H,13,14). The molecule has 0 atom stereocenters. The van der Waals surface area contributed by atoms with Gasteiger partial charge in [-0.15, -0.1) is 0 Å². The summed E-state index contributed by atoms with van der Waals surface area (Å²) in [7, 11) is 1.36. The van der Waals surface area contributed by atoms with Crippen LogP contribution in [0.3, 0.4) is 0 Å². The summed E-state index contributed by atoms with van der Waals surface area (Å²) in [6, 6.07) is 3.12. The van der Waals surface area contributed by atoms with Gasteiger partial charge in [-0.3, -0.25) is 0 Å². The average molecular weight is 220 g/mol. The van der Waals surface area contributed by atoms with Crippen LogP contribution in [0.5, 0.6) is 5.88 Å². The molecule has 2 rings (SSSR count). The molecule has 0 aliphatic heterocycles. The van der Waals surface area contributed by atoms with Crippen molar-refractivity contribution in [2.75, 3.05) is 7.11 Å². The van der Waals surface area contributed by atoms with E-state index in [2.05, 4.69) is 14.7 Å². The Morgan fingerprint density at radius 3 is 2.88 bits per heavy atom. The van der Waals surface area contributed by atoms with Gasteiger partial charge in [0.25, 0.3) is 0 Å². The van der Waals surface area contributed by atoms with Crippen molar-refractivity contribution in [3.05, 3.63) is 30.2 Å². The van der Waals surface area contributed by atoms with Gasteiger partial charge in [0.2, 0.25) is 5.88 Å². The van der Waals surface area contributed by atoms with Crippen molar-refractivity contribution >= 4 is 5.97 Å². The molecular weight excluding hydrogens is 212 g/mol. The fourth-order valence-electron chi connectivity index (χ4n) is 1.37. The van der Waals surface area contributed by atoms with Crippen LogP contribution in [0.2, 0.25) is 0 Å². The molecule has 0 bridgehead atoms. The molecular formula is C10H8N2O4. The van der Waals surface area contributed by atoms with E-state index >= 15 is 0 Å². The van der Waals surface area contributed by atoms with E-state index in [0.717, 1.165) is 0 Å². The molecule has 0 aliphatic carbocycles. The fraction of sp³-hybridized carbons (Fsp3) is 0.100. The number of carbonyl (C=O) groups is 1. The van der Waals surface area contributed by atoms with E-state index in [0.29, 0.717) is 11.3 Å². The summed E-state index contributed by atoms with van der Waals surface area (Å²) in [5.74, 6) is -1.07. The van der Waals surface area contributed by atoms with Crippen molar-refractivity contribution in [2.24, 2.45) is 0 Å². The molecule has 0 radical (unpaired) electrons. The van der Waals surface area contributed by atoms with Gasteiger partial charge in [-0.25, -0.2) is 9.78 Å². The summed E-state index contributed by atoms with van der Waals surface area (Å²) < 4.78 is 9.57. The molecule has 82 valence electrons. The Morgan fingerprint density at radius 1 is 1.50 bits per heavy atom. The number of carboxylic acid groups (broad SMARTS) is 1. The Morgan fingerprint density at radius 2 is 2.31 bits per heavy atom. The molecule has 0 fully saturated rings. The fourth-order valence-corrected chi connectivity index (χ4v) is 1.37. The minimum absolute atomic E-state index is 0.0288. The first kappa shape index (κ1) is 10.2. The zero-order valence-corrected chi connectivity index (χ0v) is 8.38. The highest BCUT2D eigenvalue weighted by atomic mass is 16.5. The SMILES string of the molecule is COc1nccc(-c2ccon2)c1C(=O)O. The highest BCUT2D eigenvalue weighted by Crippen LogP contribution is 2.27. The number of rotatable bonds is 3. The van der Waals surface area contributed by atoms with Gasteiger partial charge in [0.15, 0.2) is 0 Å². The van der Waals surface area contributed by atoms with Crippen LogP contribution in [0.1, 0.15) is 10.4 Å². The first-order chi connectivity index (χ1) is 7.74. The lowest BCUT2D eigenvalue weighted by Gasteiger charge is -2.06. The quantitative estimate of drug-likeness (QED) is 0.842. The second kappa shape index (κ2) is 4.01. The van der Waals surface area contributed by atoms with Gasteiger partial charge < -0.3 is 14.4 Å². The molecule has 1 N–H and O–H groups in total. The van der Waals surface area contributed by atoms with Gasteiger partial charge in [0.1, 0.15) is 17.5 Å². The molecule has 6 heteroatoms. The van der Waals surface area contributed by atoms with Crippen LogP contribution in [0.25, 0.3) is 11.3 Å². The number of hydrogen-bond acceptors (Lipinski definition) is 5. The molecule has 0 unspecified atom stereocenters. The Labute approximate surface area is 90.5 Å². The van der Waals surface area contributed by atoms with Gasteiger partial charge in [-0.1, -0.05) is 5.16 Å². The molecule has 0 amide bonds. The predicted molar refractivity (Wildman–Crippen MR) is 53.2 cm³/mol. The van der Waals surface area contributed by atoms with Crippen molar-refractivity contribution in [1.82, 2.24) is 10.1 Å². The topological polar surface area (TPSA) is 85.5 Å². The van der Waals surface area contributed by atoms with Crippen LogP contribution in [0.15, 0.2) is 29.1 Å². The van der Waals surface area contributed by atoms with Crippen molar-refractivity contribution < 1.29 is 19.2 Å². The minimum atomic E-state index is -1.12. The molecule has 0 aromatic carbocycles. The summed E-state index contributed by atoms with van der Waals surface area (Å²) in [6.07, 6.45) is 2.82. The lowest BCUT2D eigenvalue weighted by atomic mass is 10.1. The molecule has 0 spiro atoms. The summed E-state index contributed by atoms with van der Waals surface area (Å²) in [5.41, 5.74) is 0.810. The lowest BCUT2D eigenvalue weighted by molar-refractivity contribution is 0.0693. The van der Waals surface area contributed by atoms with Crippen molar-refractivity contribution in [3.8, 4) is 17.1 Å². The third kappa shape index (κ3) is 1.60. The number of carboxylic acids is 1.